The summed E-state index contributed by atoms with van der Waals surface area (Å²) in [7, 11) is -3.04. The molecule has 0 aliphatic carbocycles. The molecule has 1 fully saturated rings. The van der Waals surface area contributed by atoms with E-state index in [1.807, 2.05) is 0 Å². The molecule has 1 saturated heterocycles. The number of amides is 2. The largest absolute Gasteiger partial charge is 0.481 e. The van der Waals surface area contributed by atoms with E-state index in [2.05, 4.69) is 10.9 Å². The minimum absolute atomic E-state index is 0.00154. The zero-order valence-electron chi connectivity index (χ0n) is 13.1. The van der Waals surface area contributed by atoms with Crippen LogP contribution in [-0.2, 0) is 19.4 Å². The third kappa shape index (κ3) is 5.48. The van der Waals surface area contributed by atoms with Crippen LogP contribution in [0.3, 0.4) is 0 Å². The number of rotatable bonds is 5. The Labute approximate surface area is 139 Å². The monoisotopic (exact) mass is 358 g/mol. The van der Waals surface area contributed by atoms with E-state index in [1.54, 1.807) is 0 Å². The Bertz CT molecular complexity index is 705. The summed E-state index contributed by atoms with van der Waals surface area (Å²) >= 11 is 0. The van der Waals surface area contributed by atoms with Gasteiger partial charge in [-0.1, -0.05) is 0 Å². The first kappa shape index (κ1) is 18.2. The average molecular weight is 358 g/mol. The maximum Gasteiger partial charge on any atom is 0.279 e. The SMILES string of the molecule is C[C@H](Oc1ccc(F)cc1)C(=O)NNC(=O)C[C@@H]1CCS(=O)(=O)C1. The number of halogens is 1. The van der Waals surface area contributed by atoms with Gasteiger partial charge in [0.25, 0.3) is 5.91 Å². The highest BCUT2D eigenvalue weighted by Gasteiger charge is 2.29. The second kappa shape index (κ2) is 7.61. The number of benzene rings is 1. The number of carbonyl (C=O) groups is 2. The van der Waals surface area contributed by atoms with Crippen LogP contribution >= 0.6 is 0 Å². The molecule has 24 heavy (non-hydrogen) atoms. The molecule has 1 aliphatic heterocycles. The van der Waals surface area contributed by atoms with E-state index in [9.17, 15) is 22.4 Å². The van der Waals surface area contributed by atoms with E-state index in [0.717, 1.165) is 0 Å². The Balaban J connectivity index is 1.73. The van der Waals surface area contributed by atoms with Gasteiger partial charge >= 0.3 is 0 Å². The maximum absolute atomic E-state index is 12.8. The van der Waals surface area contributed by atoms with Gasteiger partial charge in [0, 0.05) is 6.42 Å². The fourth-order valence-corrected chi connectivity index (χ4v) is 4.21. The molecule has 0 aromatic heterocycles. The van der Waals surface area contributed by atoms with Crippen LogP contribution in [0.25, 0.3) is 0 Å². The number of hydrogen-bond donors (Lipinski definition) is 2. The van der Waals surface area contributed by atoms with E-state index in [0.29, 0.717) is 12.2 Å². The summed E-state index contributed by atoms with van der Waals surface area (Å²) in [6.07, 6.45) is -0.414. The Kier molecular flexibility index (Phi) is 5.76. The van der Waals surface area contributed by atoms with Crippen LogP contribution < -0.4 is 15.6 Å². The van der Waals surface area contributed by atoms with Gasteiger partial charge in [0.2, 0.25) is 5.91 Å². The predicted octanol–water partition coefficient (Wildman–Crippen LogP) is 0.565. The average Bonchev–Trinajstić information content (AvgIpc) is 2.85. The predicted molar refractivity (Wildman–Crippen MR) is 84.2 cm³/mol. The highest BCUT2D eigenvalue weighted by Crippen LogP contribution is 2.21. The summed E-state index contributed by atoms with van der Waals surface area (Å²) in [4.78, 5) is 23.6. The molecule has 0 saturated carbocycles. The van der Waals surface area contributed by atoms with Crippen molar-refractivity contribution in [3.63, 3.8) is 0 Å². The lowest BCUT2D eigenvalue weighted by atomic mass is 10.1. The molecule has 2 amide bonds. The van der Waals surface area contributed by atoms with Gasteiger partial charge < -0.3 is 4.74 Å². The van der Waals surface area contributed by atoms with Crippen molar-refractivity contribution in [3.8, 4) is 5.75 Å². The van der Waals surface area contributed by atoms with Gasteiger partial charge in [-0.05, 0) is 43.5 Å². The lowest BCUT2D eigenvalue weighted by Gasteiger charge is -2.15. The van der Waals surface area contributed by atoms with Gasteiger partial charge in [-0.15, -0.1) is 0 Å². The summed E-state index contributed by atoms with van der Waals surface area (Å²) in [6, 6.07) is 5.19. The Morgan fingerprint density at radius 1 is 1.29 bits per heavy atom. The van der Waals surface area contributed by atoms with Crippen molar-refractivity contribution in [2.45, 2.75) is 25.9 Å². The summed E-state index contributed by atoms with van der Waals surface area (Å²) in [6.45, 7) is 1.48. The van der Waals surface area contributed by atoms with Crippen LogP contribution in [0, 0.1) is 11.7 Å². The van der Waals surface area contributed by atoms with Gasteiger partial charge in [-0.3, -0.25) is 20.4 Å². The number of nitrogens with one attached hydrogen (secondary N) is 2. The van der Waals surface area contributed by atoms with Gasteiger partial charge in [0.15, 0.2) is 15.9 Å². The Morgan fingerprint density at radius 2 is 1.96 bits per heavy atom. The highest BCUT2D eigenvalue weighted by molar-refractivity contribution is 7.91. The highest BCUT2D eigenvalue weighted by atomic mass is 32.2. The first-order valence-corrected chi connectivity index (χ1v) is 9.28. The van der Waals surface area contributed by atoms with Crippen molar-refractivity contribution < 1.29 is 27.1 Å². The molecule has 2 N–H and O–H groups in total. The molecule has 1 aliphatic rings. The number of hydrogen-bond acceptors (Lipinski definition) is 5. The van der Waals surface area contributed by atoms with Crippen LogP contribution in [0.15, 0.2) is 24.3 Å². The topological polar surface area (TPSA) is 102 Å². The number of carbonyl (C=O) groups excluding carboxylic acids is 2. The van der Waals surface area contributed by atoms with Crippen molar-refractivity contribution in [3.05, 3.63) is 30.1 Å². The van der Waals surface area contributed by atoms with Gasteiger partial charge in [0.1, 0.15) is 11.6 Å². The quantitative estimate of drug-likeness (QED) is 0.749. The van der Waals surface area contributed by atoms with Gasteiger partial charge in [-0.2, -0.15) is 0 Å². The Hall–Kier alpha value is -2.16. The zero-order chi connectivity index (χ0) is 17.7. The molecule has 2 rings (SSSR count). The summed E-state index contributed by atoms with van der Waals surface area (Å²) in [5.41, 5.74) is 4.46. The van der Waals surface area contributed by atoms with Gasteiger partial charge in [-0.25, -0.2) is 12.8 Å². The third-order valence-electron chi connectivity index (χ3n) is 3.62. The zero-order valence-corrected chi connectivity index (χ0v) is 13.9. The standard InChI is InChI=1S/C15H19FN2O5S/c1-10(23-13-4-2-12(16)3-5-13)15(20)18-17-14(19)8-11-6-7-24(21,22)9-11/h2-5,10-11H,6-9H2,1H3,(H,17,19)(H,18,20)/t10-,11-/m0/s1. The number of ether oxygens (including phenoxy) is 1. The van der Waals surface area contributed by atoms with E-state index < -0.39 is 33.6 Å². The lowest BCUT2D eigenvalue weighted by Crippen LogP contribution is -2.47. The fraction of sp³-hybridized carbons (Fsp3) is 0.467. The molecule has 7 nitrogen and oxygen atoms in total. The molecule has 2 atom stereocenters. The molecule has 1 aromatic rings. The summed E-state index contributed by atoms with van der Waals surface area (Å²) in [5.74, 6) is -1.26. The Morgan fingerprint density at radius 3 is 2.54 bits per heavy atom. The minimum Gasteiger partial charge on any atom is -0.481 e. The molecular weight excluding hydrogens is 339 g/mol. The number of hydrazine groups is 1. The van der Waals surface area contributed by atoms with Crippen LogP contribution in [0.2, 0.25) is 0 Å². The van der Waals surface area contributed by atoms with Crippen molar-refractivity contribution in [2.75, 3.05) is 11.5 Å². The summed E-state index contributed by atoms with van der Waals surface area (Å²) < 4.78 is 40.8. The molecule has 0 spiro atoms. The molecule has 0 unspecified atom stereocenters. The van der Waals surface area contributed by atoms with E-state index in [-0.39, 0.29) is 23.8 Å². The van der Waals surface area contributed by atoms with Gasteiger partial charge in [0.05, 0.1) is 11.5 Å². The molecule has 1 aromatic carbocycles. The van der Waals surface area contributed by atoms with Crippen molar-refractivity contribution in [2.24, 2.45) is 5.92 Å². The minimum atomic E-state index is -3.04. The first-order valence-electron chi connectivity index (χ1n) is 7.46. The van der Waals surface area contributed by atoms with Crippen molar-refractivity contribution in [1.82, 2.24) is 10.9 Å². The van der Waals surface area contributed by atoms with E-state index in [1.165, 1.54) is 31.2 Å². The maximum atomic E-state index is 12.8. The fourth-order valence-electron chi connectivity index (χ4n) is 2.35. The van der Waals surface area contributed by atoms with E-state index >= 15 is 0 Å². The smallest absolute Gasteiger partial charge is 0.279 e. The first-order chi connectivity index (χ1) is 11.2. The van der Waals surface area contributed by atoms with Crippen LogP contribution in [0.5, 0.6) is 5.75 Å². The van der Waals surface area contributed by atoms with E-state index in [4.69, 9.17) is 4.74 Å². The van der Waals surface area contributed by atoms with Crippen molar-refractivity contribution in [1.29, 1.82) is 0 Å². The molecule has 9 heteroatoms. The molecule has 0 radical (unpaired) electrons. The lowest BCUT2D eigenvalue weighted by molar-refractivity contribution is -0.133. The second-order valence-corrected chi connectivity index (χ2v) is 7.95. The molecule has 1 heterocycles. The normalized spacial score (nSPS) is 20.2. The third-order valence-corrected chi connectivity index (χ3v) is 5.46. The molecular formula is C15H19FN2O5S. The molecule has 0 bridgehead atoms. The number of sulfone groups is 1. The van der Waals surface area contributed by atoms with Crippen molar-refractivity contribution >= 4 is 21.7 Å². The van der Waals surface area contributed by atoms with Crippen LogP contribution in [0.4, 0.5) is 4.39 Å². The van der Waals surface area contributed by atoms with Crippen LogP contribution in [0.1, 0.15) is 19.8 Å². The second-order valence-electron chi connectivity index (χ2n) is 5.72. The summed E-state index contributed by atoms with van der Waals surface area (Å²) in [5, 5.41) is 0. The molecule has 132 valence electrons. The van der Waals surface area contributed by atoms with Crippen LogP contribution in [-0.4, -0.2) is 37.8 Å².